The lowest BCUT2D eigenvalue weighted by atomic mass is 10.00. The molecule has 1 heterocycles. The zero-order chi connectivity index (χ0) is 14.7. The van der Waals surface area contributed by atoms with Crippen molar-refractivity contribution in [3.05, 3.63) is 51.8 Å². The minimum Gasteiger partial charge on any atom is -0.313 e. The fourth-order valence-corrected chi connectivity index (χ4v) is 2.71. The smallest absolute Gasteiger partial charge is 0.0624 e. The first-order valence-electron chi connectivity index (χ1n) is 7.00. The number of rotatable bonds is 5. The normalized spacial score (nSPS) is 12.7. The lowest BCUT2D eigenvalue weighted by Crippen LogP contribution is -2.20. The molecule has 1 N–H and O–H groups in total. The summed E-state index contributed by atoms with van der Waals surface area (Å²) in [5.41, 5.74) is 4.61. The Balaban J connectivity index is 2.28. The van der Waals surface area contributed by atoms with E-state index < -0.39 is 0 Å². The van der Waals surface area contributed by atoms with Crippen LogP contribution in [-0.2, 0) is 19.9 Å². The van der Waals surface area contributed by atoms with Crippen LogP contribution >= 0.6 is 11.6 Å². The van der Waals surface area contributed by atoms with Crippen molar-refractivity contribution < 1.29 is 0 Å². The van der Waals surface area contributed by atoms with Crippen LogP contribution in [0.3, 0.4) is 0 Å². The van der Waals surface area contributed by atoms with Gasteiger partial charge in [-0.3, -0.25) is 4.68 Å². The van der Waals surface area contributed by atoms with Crippen molar-refractivity contribution in [1.29, 1.82) is 0 Å². The summed E-state index contributed by atoms with van der Waals surface area (Å²) in [5, 5.41) is 8.72. The maximum absolute atomic E-state index is 6.44. The zero-order valence-corrected chi connectivity index (χ0v) is 13.3. The third-order valence-corrected chi connectivity index (χ3v) is 4.26. The largest absolute Gasteiger partial charge is 0.313 e. The first-order valence-corrected chi connectivity index (χ1v) is 7.38. The van der Waals surface area contributed by atoms with Crippen LogP contribution in [0.4, 0.5) is 0 Å². The molecular weight excluding hydrogens is 270 g/mol. The van der Waals surface area contributed by atoms with E-state index in [2.05, 4.69) is 35.5 Å². The predicted molar refractivity (Wildman–Crippen MR) is 84.3 cm³/mol. The molecule has 1 aromatic carbocycles. The molecule has 20 heavy (non-hydrogen) atoms. The first kappa shape index (κ1) is 15.1. The van der Waals surface area contributed by atoms with Crippen LogP contribution in [-0.4, -0.2) is 16.8 Å². The van der Waals surface area contributed by atoms with E-state index in [1.807, 2.05) is 31.8 Å². The number of hydrogen-bond donors (Lipinski definition) is 1. The predicted octanol–water partition coefficient (Wildman–Crippen LogP) is 3.45. The summed E-state index contributed by atoms with van der Waals surface area (Å²) < 4.78 is 1.97. The van der Waals surface area contributed by atoms with Gasteiger partial charge in [-0.25, -0.2) is 0 Å². The van der Waals surface area contributed by atoms with Crippen molar-refractivity contribution in [2.75, 3.05) is 7.05 Å². The molecule has 1 atom stereocenters. The molecule has 0 saturated carbocycles. The Morgan fingerprint density at radius 1 is 1.40 bits per heavy atom. The fourth-order valence-electron chi connectivity index (χ4n) is 2.45. The molecular formula is C16H22ClN3. The van der Waals surface area contributed by atoms with Crippen LogP contribution < -0.4 is 5.32 Å². The molecule has 3 nitrogen and oxygen atoms in total. The van der Waals surface area contributed by atoms with Gasteiger partial charge in [-0.15, -0.1) is 0 Å². The van der Waals surface area contributed by atoms with Gasteiger partial charge in [0.25, 0.3) is 0 Å². The second-order valence-corrected chi connectivity index (χ2v) is 5.51. The van der Waals surface area contributed by atoms with Crippen LogP contribution in [0.1, 0.15) is 35.5 Å². The highest BCUT2D eigenvalue weighted by Crippen LogP contribution is 2.28. The summed E-state index contributed by atoms with van der Waals surface area (Å²) in [6.45, 7) is 4.16. The van der Waals surface area contributed by atoms with E-state index in [0.717, 1.165) is 34.7 Å². The maximum atomic E-state index is 6.44. The minimum atomic E-state index is 0.197. The van der Waals surface area contributed by atoms with Crippen molar-refractivity contribution in [3.63, 3.8) is 0 Å². The quantitative estimate of drug-likeness (QED) is 0.914. The number of hydrogen-bond acceptors (Lipinski definition) is 2. The van der Waals surface area contributed by atoms with E-state index in [-0.39, 0.29) is 6.04 Å². The first-order chi connectivity index (χ1) is 9.56. The summed E-state index contributed by atoms with van der Waals surface area (Å²) >= 11 is 6.44. The molecule has 1 aromatic heterocycles. The lowest BCUT2D eigenvalue weighted by molar-refractivity contribution is 0.561. The van der Waals surface area contributed by atoms with Crippen LogP contribution in [0.5, 0.6) is 0 Å². The molecule has 1 unspecified atom stereocenters. The molecule has 0 radical (unpaired) electrons. The van der Waals surface area contributed by atoms with E-state index in [9.17, 15) is 0 Å². The average Bonchev–Trinajstić information content (AvgIpc) is 2.80. The molecule has 2 aromatic rings. The lowest BCUT2D eigenvalue weighted by Gasteiger charge is -2.19. The Morgan fingerprint density at radius 3 is 2.75 bits per heavy atom. The van der Waals surface area contributed by atoms with Crippen molar-refractivity contribution in [1.82, 2.24) is 15.1 Å². The number of aryl methyl sites for hydroxylation is 3. The van der Waals surface area contributed by atoms with Crippen LogP contribution in [0, 0.1) is 6.92 Å². The number of halogens is 1. The van der Waals surface area contributed by atoms with Crippen molar-refractivity contribution in [2.45, 2.75) is 32.7 Å². The van der Waals surface area contributed by atoms with Crippen molar-refractivity contribution >= 4 is 11.6 Å². The Labute approximate surface area is 126 Å². The van der Waals surface area contributed by atoms with Gasteiger partial charge in [0, 0.05) is 30.2 Å². The van der Waals surface area contributed by atoms with Crippen LogP contribution in [0.2, 0.25) is 5.02 Å². The Kier molecular flexibility index (Phi) is 4.84. The molecule has 2 rings (SSSR count). The number of nitrogens with zero attached hydrogens (tertiary/aromatic N) is 2. The third kappa shape index (κ3) is 3.05. The van der Waals surface area contributed by atoms with Crippen LogP contribution in [0.25, 0.3) is 0 Å². The Bertz CT molecular complexity index is 589. The highest BCUT2D eigenvalue weighted by atomic mass is 35.5. The fraction of sp³-hybridized carbons (Fsp3) is 0.438. The van der Waals surface area contributed by atoms with Gasteiger partial charge in [0.2, 0.25) is 0 Å². The van der Waals surface area contributed by atoms with Crippen molar-refractivity contribution in [2.24, 2.45) is 7.05 Å². The molecule has 0 fully saturated rings. The number of aromatic nitrogens is 2. The van der Waals surface area contributed by atoms with E-state index in [0.29, 0.717) is 0 Å². The molecule has 4 heteroatoms. The molecule has 0 spiro atoms. The van der Waals surface area contributed by atoms with Crippen LogP contribution in [0.15, 0.2) is 24.3 Å². The second kappa shape index (κ2) is 6.42. The molecule has 0 amide bonds. The van der Waals surface area contributed by atoms with E-state index in [1.165, 1.54) is 5.69 Å². The standard InChI is InChI=1S/C16H22ClN3/c1-5-12-9-13(20(4)19-12)10-15(18-3)14-8-6-7-11(2)16(14)17/h6-9,15,18H,5,10H2,1-4H3. The number of nitrogens with one attached hydrogen (secondary N) is 1. The van der Waals surface area contributed by atoms with Gasteiger partial charge in [-0.2, -0.15) is 5.10 Å². The molecule has 0 aliphatic heterocycles. The Hall–Kier alpha value is -1.32. The highest BCUT2D eigenvalue weighted by Gasteiger charge is 2.16. The summed E-state index contributed by atoms with van der Waals surface area (Å²) in [5.74, 6) is 0. The van der Waals surface area contributed by atoms with Gasteiger partial charge in [0.1, 0.15) is 0 Å². The second-order valence-electron chi connectivity index (χ2n) is 5.13. The summed E-state index contributed by atoms with van der Waals surface area (Å²) in [6, 6.07) is 8.56. The van der Waals surface area contributed by atoms with Gasteiger partial charge in [-0.05, 0) is 37.6 Å². The van der Waals surface area contributed by atoms with E-state index >= 15 is 0 Å². The van der Waals surface area contributed by atoms with Gasteiger partial charge in [0.15, 0.2) is 0 Å². The highest BCUT2D eigenvalue weighted by molar-refractivity contribution is 6.32. The molecule has 0 aliphatic carbocycles. The molecule has 0 bridgehead atoms. The SMILES string of the molecule is CCc1cc(CC(NC)c2cccc(C)c2Cl)n(C)n1. The minimum absolute atomic E-state index is 0.197. The monoisotopic (exact) mass is 291 g/mol. The average molecular weight is 292 g/mol. The zero-order valence-electron chi connectivity index (χ0n) is 12.6. The summed E-state index contributed by atoms with van der Waals surface area (Å²) in [7, 11) is 3.97. The van der Waals surface area contributed by atoms with Gasteiger partial charge in [-0.1, -0.05) is 36.7 Å². The van der Waals surface area contributed by atoms with Gasteiger partial charge in [0.05, 0.1) is 5.69 Å². The third-order valence-electron chi connectivity index (χ3n) is 3.75. The van der Waals surface area contributed by atoms with E-state index in [4.69, 9.17) is 11.6 Å². The van der Waals surface area contributed by atoms with E-state index in [1.54, 1.807) is 0 Å². The molecule has 108 valence electrons. The number of benzene rings is 1. The maximum Gasteiger partial charge on any atom is 0.0624 e. The summed E-state index contributed by atoms with van der Waals surface area (Å²) in [6.07, 6.45) is 1.84. The van der Waals surface area contributed by atoms with Gasteiger partial charge >= 0.3 is 0 Å². The Morgan fingerprint density at radius 2 is 2.15 bits per heavy atom. The summed E-state index contributed by atoms with van der Waals surface area (Å²) in [4.78, 5) is 0. The van der Waals surface area contributed by atoms with Gasteiger partial charge < -0.3 is 5.32 Å². The van der Waals surface area contributed by atoms with Crippen molar-refractivity contribution in [3.8, 4) is 0 Å². The number of likely N-dealkylation sites (N-methyl/N-ethyl adjacent to an activating group) is 1. The topological polar surface area (TPSA) is 29.9 Å². The molecule has 0 saturated heterocycles. The molecule has 0 aliphatic rings.